The minimum Gasteiger partial charge on any atom is -0.336 e. The van der Waals surface area contributed by atoms with Gasteiger partial charge in [-0.2, -0.15) is 0 Å². The molecule has 3 aromatic rings. The molecule has 1 saturated heterocycles. The van der Waals surface area contributed by atoms with E-state index in [1.165, 1.54) is 6.07 Å². The summed E-state index contributed by atoms with van der Waals surface area (Å²) in [5.41, 5.74) is 2.28. The number of pyridine rings is 1. The van der Waals surface area contributed by atoms with Gasteiger partial charge < -0.3 is 4.90 Å². The summed E-state index contributed by atoms with van der Waals surface area (Å²) in [7, 11) is -3.86. The molecule has 0 bridgehead atoms. The van der Waals surface area contributed by atoms with E-state index in [9.17, 15) is 13.2 Å². The first-order valence-corrected chi connectivity index (χ1v) is 13.8. The molecule has 2 heterocycles. The smallest absolute Gasteiger partial charge is 0.264 e. The highest BCUT2D eigenvalue weighted by atomic mass is 35.5. The van der Waals surface area contributed by atoms with Crippen LogP contribution in [0.5, 0.6) is 0 Å². The normalized spacial score (nSPS) is 15.6. The molecule has 1 amide bonds. The van der Waals surface area contributed by atoms with Crippen LogP contribution >= 0.6 is 11.6 Å². The Bertz CT molecular complexity index is 1450. The van der Waals surface area contributed by atoms with Gasteiger partial charge in [0.05, 0.1) is 5.52 Å². The minimum absolute atomic E-state index is 0.0827. The summed E-state index contributed by atoms with van der Waals surface area (Å²) in [5.74, 6) is -0.0827. The van der Waals surface area contributed by atoms with Gasteiger partial charge in [0.1, 0.15) is 4.90 Å². The minimum atomic E-state index is -3.86. The number of carbonyl (C=O) groups is 1. The van der Waals surface area contributed by atoms with Crippen molar-refractivity contribution in [2.24, 2.45) is 0 Å². The van der Waals surface area contributed by atoms with Gasteiger partial charge in [-0.25, -0.2) is 8.42 Å². The number of hydrogen-bond donors (Lipinski definition) is 1. The second kappa shape index (κ2) is 11.7. The summed E-state index contributed by atoms with van der Waals surface area (Å²) in [6.07, 6.45) is 7.06. The molecule has 0 spiro atoms. The number of nitrogens with one attached hydrogen (secondary N) is 1. The van der Waals surface area contributed by atoms with Gasteiger partial charge in [-0.3, -0.25) is 19.4 Å². The molecule has 0 aliphatic carbocycles. The van der Waals surface area contributed by atoms with Crippen LogP contribution in [0.3, 0.4) is 0 Å². The third kappa shape index (κ3) is 6.28. The van der Waals surface area contributed by atoms with Crippen LogP contribution in [-0.4, -0.2) is 61.8 Å². The number of amides is 1. The third-order valence-corrected chi connectivity index (χ3v) is 8.08. The fraction of sp³-hybridized carbons (Fsp3) is 0.214. The molecule has 0 atom stereocenters. The quantitative estimate of drug-likeness (QED) is 0.407. The van der Waals surface area contributed by atoms with Crippen molar-refractivity contribution in [2.75, 3.05) is 37.4 Å². The lowest BCUT2D eigenvalue weighted by Gasteiger charge is -2.35. The van der Waals surface area contributed by atoms with Crippen molar-refractivity contribution in [1.82, 2.24) is 14.8 Å². The molecule has 1 N–H and O–H groups in total. The Morgan fingerprint density at radius 3 is 2.46 bits per heavy atom. The van der Waals surface area contributed by atoms with Crippen molar-refractivity contribution < 1.29 is 13.2 Å². The zero-order valence-corrected chi connectivity index (χ0v) is 22.2. The summed E-state index contributed by atoms with van der Waals surface area (Å²) < 4.78 is 28.7. The predicted octanol–water partition coefficient (Wildman–Crippen LogP) is 5.05. The highest BCUT2D eigenvalue weighted by molar-refractivity contribution is 7.93. The molecule has 7 nitrogen and oxygen atoms in total. The van der Waals surface area contributed by atoms with Gasteiger partial charge in [-0.15, -0.1) is 0 Å². The van der Waals surface area contributed by atoms with Gasteiger partial charge in [0, 0.05) is 60.6 Å². The highest BCUT2D eigenvalue weighted by Crippen LogP contribution is 2.24. The predicted molar refractivity (Wildman–Crippen MR) is 149 cm³/mol. The molecule has 1 aliphatic rings. The monoisotopic (exact) mass is 536 g/mol. The average Bonchev–Trinajstić information content (AvgIpc) is 2.92. The second-order valence-electron chi connectivity index (χ2n) is 8.65. The van der Waals surface area contributed by atoms with Crippen LogP contribution in [0.25, 0.3) is 10.9 Å². The number of piperazine rings is 1. The first-order valence-electron chi connectivity index (χ1n) is 11.9. The maximum absolute atomic E-state index is 13.1. The fourth-order valence-corrected chi connectivity index (χ4v) is 5.61. The van der Waals surface area contributed by atoms with Gasteiger partial charge in [0.2, 0.25) is 0 Å². The molecule has 1 aliphatic heterocycles. The lowest BCUT2D eigenvalue weighted by atomic mass is 10.1. The number of sulfonamides is 1. The molecule has 1 aromatic heterocycles. The van der Waals surface area contributed by atoms with E-state index in [4.69, 9.17) is 11.6 Å². The standard InChI is InChI=1S/C28H29ClN4O3S/c1-3-7-23(25(29)4-2)20-32-16-18-33(19-17-32)28(34)22-11-13-24(14-12-22)31-37(35,36)26-10-5-8-21-9-6-15-30-27(21)26/h3-15,31H,1,16-20H2,2H3/b23-7-,25-4+. The molecule has 9 heteroatoms. The van der Waals surface area contributed by atoms with E-state index in [1.807, 2.05) is 36.1 Å². The molecule has 192 valence electrons. The molecule has 0 unspecified atom stereocenters. The zero-order chi connectivity index (χ0) is 26.4. The maximum atomic E-state index is 13.1. The Hall–Kier alpha value is -3.46. The highest BCUT2D eigenvalue weighted by Gasteiger charge is 2.23. The second-order valence-corrected chi connectivity index (χ2v) is 10.7. The molecule has 4 rings (SSSR count). The number of rotatable bonds is 8. The first-order chi connectivity index (χ1) is 17.8. The van der Waals surface area contributed by atoms with E-state index in [0.717, 1.165) is 24.0 Å². The van der Waals surface area contributed by atoms with Crippen LogP contribution in [0.15, 0.2) is 101 Å². The van der Waals surface area contributed by atoms with Crippen molar-refractivity contribution in [2.45, 2.75) is 11.8 Å². The van der Waals surface area contributed by atoms with Crippen molar-refractivity contribution in [3.8, 4) is 0 Å². The summed E-state index contributed by atoms with van der Waals surface area (Å²) in [6, 6.07) is 15.1. The largest absolute Gasteiger partial charge is 0.336 e. The Labute approximate surface area is 222 Å². The molecule has 0 saturated carbocycles. The third-order valence-electron chi connectivity index (χ3n) is 6.20. The molecule has 1 fully saturated rings. The van der Waals surface area contributed by atoms with Crippen molar-refractivity contribution in [3.63, 3.8) is 0 Å². The molecule has 2 aromatic carbocycles. The summed E-state index contributed by atoms with van der Waals surface area (Å²) in [6.45, 7) is 8.99. The van der Waals surface area contributed by atoms with Crippen LogP contribution in [-0.2, 0) is 10.0 Å². The van der Waals surface area contributed by atoms with Crippen LogP contribution in [0, 0.1) is 0 Å². The van der Waals surface area contributed by atoms with Crippen molar-refractivity contribution in [3.05, 3.63) is 102 Å². The summed E-state index contributed by atoms with van der Waals surface area (Å²) >= 11 is 6.31. The lowest BCUT2D eigenvalue weighted by molar-refractivity contribution is 0.0648. The number of fused-ring (bicyclic) bond motifs is 1. The zero-order valence-electron chi connectivity index (χ0n) is 20.6. The topological polar surface area (TPSA) is 82.6 Å². The van der Waals surface area contributed by atoms with Crippen molar-refractivity contribution >= 4 is 44.1 Å². The lowest BCUT2D eigenvalue weighted by Crippen LogP contribution is -2.49. The van der Waals surface area contributed by atoms with E-state index in [-0.39, 0.29) is 10.8 Å². The molecular weight excluding hydrogens is 508 g/mol. The number of benzene rings is 2. The van der Waals surface area contributed by atoms with Gasteiger partial charge >= 0.3 is 0 Å². The van der Waals surface area contributed by atoms with Crippen molar-refractivity contribution in [1.29, 1.82) is 0 Å². The summed E-state index contributed by atoms with van der Waals surface area (Å²) in [4.78, 5) is 21.5. The number of nitrogens with zero attached hydrogens (tertiary/aromatic N) is 3. The van der Waals surface area contributed by atoms with Crippen LogP contribution in [0.4, 0.5) is 5.69 Å². The fourth-order valence-electron chi connectivity index (χ4n) is 4.25. The molecule has 0 radical (unpaired) electrons. The Kier molecular flexibility index (Phi) is 8.43. The number of carbonyl (C=O) groups excluding carboxylic acids is 1. The van der Waals surface area contributed by atoms with Gasteiger partial charge in [-0.1, -0.05) is 54.6 Å². The van der Waals surface area contributed by atoms with E-state index in [2.05, 4.69) is 21.2 Å². The van der Waals surface area contributed by atoms with Gasteiger partial charge in [0.15, 0.2) is 0 Å². The number of para-hydroxylation sites is 1. The SMILES string of the molecule is C=C/C=C(CN1CCN(C(=O)c2ccc(NS(=O)(=O)c3cccc4cccnc34)cc2)CC1)\C(Cl)=C/C. The van der Waals surface area contributed by atoms with Gasteiger partial charge in [-0.05, 0) is 48.9 Å². The number of aromatic nitrogens is 1. The number of allylic oxidation sites excluding steroid dienone is 3. The van der Waals surface area contributed by atoms with E-state index in [0.29, 0.717) is 41.4 Å². The van der Waals surface area contributed by atoms with Gasteiger partial charge in [0.25, 0.3) is 15.9 Å². The Morgan fingerprint density at radius 2 is 1.78 bits per heavy atom. The Morgan fingerprint density at radius 1 is 1.08 bits per heavy atom. The summed E-state index contributed by atoms with van der Waals surface area (Å²) in [5, 5.41) is 1.44. The molecule has 37 heavy (non-hydrogen) atoms. The number of halogens is 1. The number of anilines is 1. The van der Waals surface area contributed by atoms with Crippen LogP contribution in [0.2, 0.25) is 0 Å². The Balaban J connectivity index is 1.39. The van der Waals surface area contributed by atoms with E-state index in [1.54, 1.807) is 48.7 Å². The first kappa shape index (κ1) is 26.6. The maximum Gasteiger partial charge on any atom is 0.264 e. The van der Waals surface area contributed by atoms with Crippen LogP contribution in [0.1, 0.15) is 17.3 Å². The molecular formula is C28H29ClN4O3S. The van der Waals surface area contributed by atoms with Crippen LogP contribution < -0.4 is 4.72 Å². The van der Waals surface area contributed by atoms with E-state index >= 15 is 0 Å². The number of hydrogen-bond acceptors (Lipinski definition) is 5. The van der Waals surface area contributed by atoms with E-state index < -0.39 is 10.0 Å². The average molecular weight is 537 g/mol.